The van der Waals surface area contributed by atoms with Gasteiger partial charge in [0.1, 0.15) is 0 Å². The maximum Gasteiger partial charge on any atom is 0.436 e. The fraction of sp³-hybridized carbons (Fsp3) is 0.615. The van der Waals surface area contributed by atoms with Crippen LogP contribution in [0.25, 0.3) is 0 Å². The molecule has 0 saturated carbocycles. The number of hydrogen-bond acceptors (Lipinski definition) is 3. The molecule has 0 aliphatic carbocycles. The molecule has 1 aliphatic heterocycles. The maximum atomic E-state index is 13.2. The quantitative estimate of drug-likeness (QED) is 0.786. The van der Waals surface area contributed by atoms with Crippen LogP contribution in [0.5, 0.6) is 0 Å². The second kappa shape index (κ2) is 7.40. The van der Waals surface area contributed by atoms with E-state index in [-0.39, 0.29) is 37.5 Å². The summed E-state index contributed by atoms with van der Waals surface area (Å²) in [6.07, 6.45) is -11.7. The summed E-state index contributed by atoms with van der Waals surface area (Å²) in [4.78, 5) is 3.18. The molecule has 11 heteroatoms. The van der Waals surface area contributed by atoms with Crippen LogP contribution in [-0.4, -0.2) is 23.9 Å². The van der Waals surface area contributed by atoms with Gasteiger partial charge in [0.2, 0.25) is 0 Å². The normalized spacial score (nSPS) is 23.5. The minimum Gasteiger partial charge on any atom is -0.368 e. The molecule has 3 atom stereocenters. The van der Waals surface area contributed by atoms with Crippen LogP contribution >= 0.6 is 12.4 Å². The van der Waals surface area contributed by atoms with Crippen molar-refractivity contribution in [1.82, 2.24) is 4.98 Å². The average Bonchev–Trinajstić information content (AvgIpc) is 2.45. The third-order valence-corrected chi connectivity index (χ3v) is 3.66. The van der Waals surface area contributed by atoms with Gasteiger partial charge in [-0.2, -0.15) is 26.3 Å². The van der Waals surface area contributed by atoms with E-state index in [1.807, 2.05) is 0 Å². The Morgan fingerprint density at radius 2 is 1.75 bits per heavy atom. The van der Waals surface area contributed by atoms with Crippen LogP contribution < -0.4 is 5.73 Å². The molecule has 2 N–H and O–H groups in total. The Balaban J connectivity index is 0.00000288. The van der Waals surface area contributed by atoms with Gasteiger partial charge >= 0.3 is 12.4 Å². The van der Waals surface area contributed by atoms with Gasteiger partial charge in [-0.25, -0.2) is 9.37 Å². The Hall–Kier alpha value is -1.13. The molecule has 138 valence electrons. The number of rotatable bonds is 2. The third-order valence-electron chi connectivity index (χ3n) is 3.66. The van der Waals surface area contributed by atoms with Crippen molar-refractivity contribution in [3.05, 3.63) is 29.3 Å². The van der Waals surface area contributed by atoms with Gasteiger partial charge in [0.05, 0.1) is 18.3 Å². The summed E-state index contributed by atoms with van der Waals surface area (Å²) < 4.78 is 93.2. The first-order valence-electron chi connectivity index (χ1n) is 6.67. The van der Waals surface area contributed by atoms with Gasteiger partial charge < -0.3 is 10.5 Å². The smallest absolute Gasteiger partial charge is 0.368 e. The highest BCUT2D eigenvalue weighted by atomic mass is 35.5. The highest BCUT2D eigenvalue weighted by Gasteiger charge is 2.44. The average molecular weight is 383 g/mol. The van der Waals surface area contributed by atoms with Crippen molar-refractivity contribution in [2.75, 3.05) is 6.61 Å². The van der Waals surface area contributed by atoms with Crippen LogP contribution in [0.4, 0.5) is 30.7 Å². The minimum atomic E-state index is -4.98. The summed E-state index contributed by atoms with van der Waals surface area (Å²) in [6.45, 7) is -0.355. The van der Waals surface area contributed by atoms with Crippen LogP contribution in [0.1, 0.15) is 30.3 Å². The first-order chi connectivity index (χ1) is 10.5. The molecular weight excluding hydrogens is 369 g/mol. The molecule has 1 aliphatic rings. The molecule has 0 radical (unpaired) electrons. The molecule has 2 rings (SSSR count). The first kappa shape index (κ1) is 20.9. The molecule has 1 saturated heterocycles. The number of pyridine rings is 1. The van der Waals surface area contributed by atoms with Gasteiger partial charge in [0.15, 0.2) is 17.6 Å². The third kappa shape index (κ3) is 4.70. The molecule has 0 bridgehead atoms. The zero-order valence-corrected chi connectivity index (χ0v) is 12.8. The number of nitrogens with two attached hydrogens (primary N) is 1. The summed E-state index contributed by atoms with van der Waals surface area (Å²) >= 11 is 0. The van der Waals surface area contributed by atoms with Crippen molar-refractivity contribution < 1.29 is 35.5 Å². The molecule has 0 aromatic carbocycles. The van der Waals surface area contributed by atoms with Crippen LogP contribution in [0.3, 0.4) is 0 Å². The molecule has 24 heavy (non-hydrogen) atoms. The van der Waals surface area contributed by atoms with E-state index in [0.717, 1.165) is 6.07 Å². The second-order valence-corrected chi connectivity index (χ2v) is 5.29. The van der Waals surface area contributed by atoms with Crippen molar-refractivity contribution >= 4 is 12.4 Å². The van der Waals surface area contributed by atoms with E-state index in [9.17, 15) is 30.7 Å². The lowest BCUT2D eigenvalue weighted by molar-refractivity contribution is -0.236. The fourth-order valence-corrected chi connectivity index (χ4v) is 2.40. The van der Waals surface area contributed by atoms with Crippen molar-refractivity contribution in [2.24, 2.45) is 11.7 Å². The highest BCUT2D eigenvalue weighted by molar-refractivity contribution is 5.85. The van der Waals surface area contributed by atoms with Gasteiger partial charge in [-0.15, -0.1) is 12.4 Å². The molecule has 0 amide bonds. The van der Waals surface area contributed by atoms with E-state index >= 15 is 0 Å². The summed E-state index contributed by atoms with van der Waals surface area (Å²) in [5.41, 5.74) is 3.84. The topological polar surface area (TPSA) is 48.1 Å². The SMILES string of the molecule is Cl.NC(c1ccc(F)c(C(F)(F)F)n1)[C@H]1CC[C@H](C(F)(F)F)OC1. The Morgan fingerprint density at radius 1 is 1.12 bits per heavy atom. The van der Waals surface area contributed by atoms with E-state index in [4.69, 9.17) is 5.73 Å². The Kier molecular flexibility index (Phi) is 6.45. The molecule has 1 aromatic rings. The lowest BCUT2D eigenvalue weighted by Gasteiger charge is -2.33. The molecule has 1 fully saturated rings. The summed E-state index contributed by atoms with van der Waals surface area (Å²) in [7, 11) is 0. The van der Waals surface area contributed by atoms with Crippen LogP contribution in [-0.2, 0) is 10.9 Å². The lowest BCUT2D eigenvalue weighted by Crippen LogP contribution is -2.40. The molecule has 2 heterocycles. The largest absolute Gasteiger partial charge is 0.436 e. The van der Waals surface area contributed by atoms with Crippen molar-refractivity contribution in [1.29, 1.82) is 0 Å². The summed E-state index contributed by atoms with van der Waals surface area (Å²) in [5.74, 6) is -2.17. The summed E-state index contributed by atoms with van der Waals surface area (Å²) in [5, 5.41) is 0. The zero-order chi connectivity index (χ0) is 17.4. The van der Waals surface area contributed by atoms with Gasteiger partial charge in [-0.05, 0) is 25.0 Å². The number of aromatic nitrogens is 1. The Labute approximate surface area is 138 Å². The number of alkyl halides is 6. The predicted molar refractivity (Wildman–Crippen MR) is 71.9 cm³/mol. The Bertz CT molecular complexity index is 556. The number of hydrogen-bond donors (Lipinski definition) is 1. The van der Waals surface area contributed by atoms with Gasteiger partial charge in [0, 0.05) is 5.92 Å². The van der Waals surface area contributed by atoms with Crippen molar-refractivity contribution in [3.63, 3.8) is 0 Å². The van der Waals surface area contributed by atoms with Crippen LogP contribution in [0.2, 0.25) is 0 Å². The minimum absolute atomic E-state index is 0. The van der Waals surface area contributed by atoms with E-state index in [1.165, 1.54) is 0 Å². The monoisotopic (exact) mass is 382 g/mol. The maximum absolute atomic E-state index is 13.2. The van der Waals surface area contributed by atoms with E-state index in [1.54, 1.807) is 0 Å². The first-order valence-corrected chi connectivity index (χ1v) is 6.67. The van der Waals surface area contributed by atoms with Crippen LogP contribution in [0.15, 0.2) is 12.1 Å². The number of halogens is 8. The van der Waals surface area contributed by atoms with E-state index in [2.05, 4.69) is 9.72 Å². The highest BCUT2D eigenvalue weighted by Crippen LogP contribution is 2.36. The molecule has 1 aromatic heterocycles. The van der Waals surface area contributed by atoms with Crippen molar-refractivity contribution in [3.8, 4) is 0 Å². The van der Waals surface area contributed by atoms with Gasteiger partial charge in [0.25, 0.3) is 0 Å². The van der Waals surface area contributed by atoms with E-state index < -0.39 is 41.9 Å². The predicted octanol–water partition coefficient (Wildman–Crippen LogP) is 4.02. The van der Waals surface area contributed by atoms with Gasteiger partial charge in [-0.3, -0.25) is 0 Å². The summed E-state index contributed by atoms with van der Waals surface area (Å²) in [6, 6.07) is 0.504. The molecule has 1 unspecified atom stereocenters. The molecule has 0 spiro atoms. The number of ether oxygens (including phenoxy) is 1. The van der Waals surface area contributed by atoms with Gasteiger partial charge in [-0.1, -0.05) is 0 Å². The molecule has 3 nitrogen and oxygen atoms in total. The second-order valence-electron chi connectivity index (χ2n) is 5.29. The molecular formula is C13H14ClF7N2O. The standard InChI is InChI=1S/C13H13F7N2O.ClH/c14-7-2-3-8(22-11(7)13(18,19)20)10(21)6-1-4-9(23-5-6)12(15,16)17;/h2-3,6,9-10H,1,4-5,21H2;1H/t6-,9+,10?;/m0./s1. The lowest BCUT2D eigenvalue weighted by atomic mass is 9.89. The number of nitrogens with zero attached hydrogens (tertiary/aromatic N) is 1. The Morgan fingerprint density at radius 3 is 2.21 bits per heavy atom. The van der Waals surface area contributed by atoms with Crippen molar-refractivity contribution in [2.45, 2.75) is 37.3 Å². The zero-order valence-electron chi connectivity index (χ0n) is 12.0. The van der Waals surface area contributed by atoms with E-state index in [0.29, 0.717) is 6.07 Å². The fourth-order valence-electron chi connectivity index (χ4n) is 2.40. The van der Waals surface area contributed by atoms with Crippen LogP contribution in [0, 0.1) is 11.7 Å².